The highest BCUT2D eigenvalue weighted by Crippen LogP contribution is 2.31. The minimum atomic E-state index is -0.379. The fraction of sp³-hybridized carbons (Fsp3) is 0.233. The van der Waals surface area contributed by atoms with Crippen LogP contribution in [0, 0.1) is 5.92 Å². The van der Waals surface area contributed by atoms with E-state index in [0.717, 1.165) is 56.2 Å². The second kappa shape index (κ2) is 11.3. The average molecular weight is 537 g/mol. The van der Waals surface area contributed by atoms with Crippen LogP contribution >= 0.6 is 11.8 Å². The Morgan fingerprint density at radius 3 is 2.69 bits per heavy atom. The van der Waals surface area contributed by atoms with Crippen LogP contribution in [-0.2, 0) is 11.3 Å². The summed E-state index contributed by atoms with van der Waals surface area (Å²) in [5.41, 5.74) is 4.39. The number of hydrogen-bond donors (Lipinski definition) is 2. The molecule has 2 amide bonds. The molecule has 8 nitrogen and oxygen atoms in total. The molecule has 0 saturated carbocycles. The van der Waals surface area contributed by atoms with E-state index in [1.54, 1.807) is 18.3 Å². The summed E-state index contributed by atoms with van der Waals surface area (Å²) in [6.07, 6.45) is 9.21. The first kappa shape index (κ1) is 25.2. The predicted octanol–water partition coefficient (Wildman–Crippen LogP) is 5.02. The van der Waals surface area contributed by atoms with Gasteiger partial charge in [0.2, 0.25) is 5.95 Å². The summed E-state index contributed by atoms with van der Waals surface area (Å²) in [6.45, 7) is 3.52. The SMILES string of the molecule is O=C1NC(=O)/C(=C\c2ccnc(N3CCC(CNCc4ccccc4-c4cccc5cnccc45)CC3)n2)S1. The molecule has 2 aliphatic rings. The van der Waals surface area contributed by atoms with Gasteiger partial charge in [0.05, 0.1) is 10.6 Å². The standard InChI is InChI=1S/C30H28N6O2S/c37-28-27(39-30(38)35-28)16-23-8-13-33-29(34-23)36-14-10-20(11-15-36)17-32-19-21-4-1-2-6-24(21)26-7-3-5-22-18-31-12-9-25(22)26/h1-9,12-13,16,18,20,32H,10-11,14-15,17,19H2,(H,35,37,38)/b27-16+. The number of hydrogen-bond acceptors (Lipinski definition) is 8. The van der Waals surface area contributed by atoms with E-state index in [1.165, 1.54) is 22.1 Å². The normalized spacial score (nSPS) is 17.2. The summed E-state index contributed by atoms with van der Waals surface area (Å²) < 4.78 is 0. The molecule has 0 spiro atoms. The van der Waals surface area contributed by atoms with E-state index in [1.807, 2.05) is 12.4 Å². The number of carbonyl (C=O) groups excluding carboxylic acids is 2. The monoisotopic (exact) mass is 536 g/mol. The third-order valence-corrected chi connectivity index (χ3v) is 8.03. The van der Waals surface area contributed by atoms with Crippen LogP contribution in [0.4, 0.5) is 10.7 Å². The average Bonchev–Trinajstić information content (AvgIpc) is 3.29. The lowest BCUT2D eigenvalue weighted by atomic mass is 9.94. The zero-order valence-electron chi connectivity index (χ0n) is 21.3. The first-order valence-corrected chi connectivity index (χ1v) is 13.9. The number of amides is 2. The molecule has 2 N–H and O–H groups in total. The highest BCUT2D eigenvalue weighted by molar-refractivity contribution is 8.18. The van der Waals surface area contributed by atoms with Crippen molar-refractivity contribution in [2.24, 2.45) is 5.92 Å². The molecule has 0 aliphatic carbocycles. The van der Waals surface area contributed by atoms with Gasteiger partial charge < -0.3 is 10.2 Å². The Hall–Kier alpha value is -4.08. The Balaban J connectivity index is 1.05. The number of thioether (sulfide) groups is 1. The van der Waals surface area contributed by atoms with Gasteiger partial charge >= 0.3 is 0 Å². The van der Waals surface area contributed by atoms with Crippen LogP contribution in [0.15, 0.2) is 78.1 Å². The van der Waals surface area contributed by atoms with E-state index in [9.17, 15) is 9.59 Å². The second-order valence-corrected chi connectivity index (χ2v) is 10.8. The molecular formula is C30H28N6O2S. The third-order valence-electron chi connectivity index (χ3n) is 7.22. The number of nitrogens with zero attached hydrogens (tertiary/aromatic N) is 4. The van der Waals surface area contributed by atoms with Gasteiger partial charge in [-0.3, -0.25) is 19.9 Å². The maximum Gasteiger partial charge on any atom is 0.290 e. The molecule has 2 aromatic heterocycles. The topological polar surface area (TPSA) is 100 Å². The van der Waals surface area contributed by atoms with Crippen molar-refractivity contribution in [3.8, 4) is 11.1 Å². The Labute approximate surface area is 231 Å². The van der Waals surface area contributed by atoms with Crippen LogP contribution in [0.3, 0.4) is 0 Å². The van der Waals surface area contributed by atoms with Crippen LogP contribution in [-0.4, -0.2) is 45.7 Å². The van der Waals surface area contributed by atoms with E-state index in [0.29, 0.717) is 22.5 Å². The maximum atomic E-state index is 11.8. The summed E-state index contributed by atoms with van der Waals surface area (Å²) in [5, 5.41) is 7.98. The predicted molar refractivity (Wildman–Crippen MR) is 155 cm³/mol. The minimum absolute atomic E-state index is 0.355. The zero-order valence-corrected chi connectivity index (χ0v) is 22.2. The Bertz CT molecular complexity index is 1560. The molecule has 0 radical (unpaired) electrons. The number of aromatic nitrogens is 3. The van der Waals surface area contributed by atoms with Crippen LogP contribution in [0.5, 0.6) is 0 Å². The van der Waals surface area contributed by atoms with Crippen LogP contribution < -0.4 is 15.5 Å². The van der Waals surface area contributed by atoms with Crippen LogP contribution in [0.25, 0.3) is 28.0 Å². The zero-order chi connectivity index (χ0) is 26.6. The van der Waals surface area contributed by atoms with Crippen molar-refractivity contribution in [1.82, 2.24) is 25.6 Å². The first-order chi connectivity index (χ1) is 19.1. The molecule has 0 atom stereocenters. The van der Waals surface area contributed by atoms with Crippen molar-refractivity contribution in [1.29, 1.82) is 0 Å². The van der Waals surface area contributed by atoms with Gasteiger partial charge in [0.25, 0.3) is 11.1 Å². The number of imide groups is 1. The van der Waals surface area contributed by atoms with E-state index in [4.69, 9.17) is 0 Å². The lowest BCUT2D eigenvalue weighted by Gasteiger charge is -2.32. The molecule has 2 saturated heterocycles. The highest BCUT2D eigenvalue weighted by Gasteiger charge is 2.26. The number of anilines is 1. The van der Waals surface area contributed by atoms with E-state index < -0.39 is 0 Å². The number of pyridine rings is 1. The molecule has 0 unspecified atom stereocenters. The van der Waals surface area contributed by atoms with Gasteiger partial charge in [-0.15, -0.1) is 0 Å². The van der Waals surface area contributed by atoms with E-state index in [2.05, 4.69) is 79.0 Å². The van der Waals surface area contributed by atoms with Crippen molar-refractivity contribution in [2.45, 2.75) is 19.4 Å². The van der Waals surface area contributed by atoms with Gasteiger partial charge in [-0.25, -0.2) is 9.97 Å². The number of fused-ring (bicyclic) bond motifs is 1. The highest BCUT2D eigenvalue weighted by atomic mass is 32.2. The van der Waals surface area contributed by atoms with Crippen molar-refractivity contribution < 1.29 is 9.59 Å². The third kappa shape index (κ3) is 5.69. The van der Waals surface area contributed by atoms with E-state index >= 15 is 0 Å². The lowest BCUT2D eigenvalue weighted by molar-refractivity contribution is -0.115. The first-order valence-electron chi connectivity index (χ1n) is 13.1. The van der Waals surface area contributed by atoms with Crippen LogP contribution in [0.2, 0.25) is 0 Å². The van der Waals surface area contributed by atoms with Gasteiger partial charge in [0, 0.05) is 43.6 Å². The number of benzene rings is 2. The molecule has 6 rings (SSSR count). The molecule has 2 fully saturated rings. The summed E-state index contributed by atoms with van der Waals surface area (Å²) in [5.74, 6) is 0.854. The maximum absolute atomic E-state index is 11.8. The van der Waals surface area contributed by atoms with Gasteiger partial charge in [-0.05, 0) is 77.4 Å². The molecule has 39 heavy (non-hydrogen) atoms. The Morgan fingerprint density at radius 2 is 1.85 bits per heavy atom. The smallest absolute Gasteiger partial charge is 0.290 e. The van der Waals surface area contributed by atoms with Crippen molar-refractivity contribution in [3.05, 3.63) is 89.4 Å². The van der Waals surface area contributed by atoms with Crippen molar-refractivity contribution in [3.63, 3.8) is 0 Å². The fourth-order valence-corrected chi connectivity index (χ4v) is 5.86. The van der Waals surface area contributed by atoms with Crippen molar-refractivity contribution >= 4 is 45.7 Å². The largest absolute Gasteiger partial charge is 0.341 e. The van der Waals surface area contributed by atoms with Gasteiger partial charge in [-0.1, -0.05) is 42.5 Å². The summed E-state index contributed by atoms with van der Waals surface area (Å²) in [4.78, 5) is 39.2. The molecule has 4 aromatic rings. The summed E-state index contributed by atoms with van der Waals surface area (Å²) >= 11 is 0.894. The lowest BCUT2D eigenvalue weighted by Crippen LogP contribution is -2.38. The number of nitrogens with one attached hydrogen (secondary N) is 2. The molecule has 196 valence electrons. The second-order valence-electron chi connectivity index (χ2n) is 9.75. The van der Waals surface area contributed by atoms with E-state index in [-0.39, 0.29) is 11.1 Å². The quantitative estimate of drug-likeness (QED) is 0.318. The summed E-state index contributed by atoms with van der Waals surface area (Å²) in [6, 6.07) is 18.8. The number of rotatable bonds is 7. The minimum Gasteiger partial charge on any atom is -0.341 e. The number of piperidine rings is 1. The molecule has 2 aromatic carbocycles. The molecule has 0 bridgehead atoms. The Kier molecular flexibility index (Phi) is 7.33. The van der Waals surface area contributed by atoms with Gasteiger partial charge in [-0.2, -0.15) is 0 Å². The molecule has 2 aliphatic heterocycles. The Morgan fingerprint density at radius 1 is 1.00 bits per heavy atom. The summed E-state index contributed by atoms with van der Waals surface area (Å²) in [7, 11) is 0. The van der Waals surface area contributed by atoms with Gasteiger partial charge in [0.1, 0.15) is 0 Å². The number of carbonyl (C=O) groups is 2. The molecule has 9 heteroatoms. The van der Waals surface area contributed by atoms with Crippen molar-refractivity contribution in [2.75, 3.05) is 24.5 Å². The fourth-order valence-electron chi connectivity index (χ4n) is 5.19. The van der Waals surface area contributed by atoms with Gasteiger partial charge in [0.15, 0.2) is 0 Å². The molecular weight excluding hydrogens is 508 g/mol. The van der Waals surface area contributed by atoms with Crippen LogP contribution in [0.1, 0.15) is 24.1 Å². The molecule has 4 heterocycles.